The molecular formula is C19H28NO3S+. The summed E-state index contributed by atoms with van der Waals surface area (Å²) >= 11 is 0. The molecule has 1 N–H and O–H groups in total. The van der Waals surface area contributed by atoms with Gasteiger partial charge < -0.3 is 4.48 Å². The highest BCUT2D eigenvalue weighted by Gasteiger charge is 2.20. The summed E-state index contributed by atoms with van der Waals surface area (Å²) < 4.78 is 30.8. The highest BCUT2D eigenvalue weighted by Crippen LogP contribution is 2.12. The van der Waals surface area contributed by atoms with Crippen molar-refractivity contribution in [2.75, 3.05) is 26.2 Å². The molecule has 24 heavy (non-hydrogen) atoms. The minimum Gasteiger partial charge on any atom is -0.311 e. The Morgan fingerprint density at radius 1 is 0.917 bits per heavy atom. The summed E-state index contributed by atoms with van der Waals surface area (Å²) in [4.78, 5) is -0.0278. The Morgan fingerprint density at radius 2 is 1.29 bits per heavy atom. The number of hydrogen-bond acceptors (Lipinski definition) is 2. The van der Waals surface area contributed by atoms with Crippen molar-refractivity contribution < 1.29 is 17.5 Å². The molecule has 132 valence electrons. The molecule has 0 amide bonds. The molecule has 0 saturated carbocycles. The van der Waals surface area contributed by atoms with Crippen molar-refractivity contribution in [1.82, 2.24) is 0 Å². The number of quaternary nitrogens is 1. The molecular weight excluding hydrogens is 322 g/mol. The van der Waals surface area contributed by atoms with Gasteiger partial charge >= 0.3 is 0 Å². The molecule has 0 bridgehead atoms. The summed E-state index contributed by atoms with van der Waals surface area (Å²) in [6.07, 6.45) is 7.76. The lowest BCUT2D eigenvalue weighted by atomic mass is 10.2. The Bertz CT molecular complexity index is 617. The Morgan fingerprint density at radius 3 is 1.54 bits per heavy atom. The van der Waals surface area contributed by atoms with Gasteiger partial charge in [-0.2, -0.15) is 8.42 Å². The lowest BCUT2D eigenvalue weighted by molar-refractivity contribution is -0.906. The molecule has 0 heterocycles. The van der Waals surface area contributed by atoms with Gasteiger partial charge in [0.25, 0.3) is 10.1 Å². The van der Waals surface area contributed by atoms with E-state index in [1.807, 2.05) is 24.3 Å². The Labute approximate surface area is 146 Å². The maximum atomic E-state index is 10.6. The van der Waals surface area contributed by atoms with Crippen LogP contribution in [0.1, 0.15) is 5.56 Å². The standard InChI is InChI=1S/C12H20N.C7H8O3S/c1-5-9-13(10-6-2,11-7-3)12-8-4;1-6-4-2-3-5-7(6)11(8,9)10/h5-8H,1-4,9-12H2;2-5H,1H3,(H,8,9,10)/q+1;. The summed E-state index contributed by atoms with van der Waals surface area (Å²) in [7, 11) is -4.03. The van der Waals surface area contributed by atoms with Gasteiger partial charge in [-0.25, -0.2) is 0 Å². The molecule has 0 spiro atoms. The average Bonchev–Trinajstić information content (AvgIpc) is 2.48. The minimum atomic E-state index is -4.03. The monoisotopic (exact) mass is 350 g/mol. The quantitative estimate of drug-likeness (QED) is 0.419. The largest absolute Gasteiger partial charge is 0.311 e. The van der Waals surface area contributed by atoms with E-state index in [1.54, 1.807) is 25.1 Å². The number of aryl methyl sites for hydroxylation is 1. The van der Waals surface area contributed by atoms with Crippen LogP contribution in [0.3, 0.4) is 0 Å². The third kappa shape index (κ3) is 7.55. The van der Waals surface area contributed by atoms with Crippen LogP contribution in [0.4, 0.5) is 0 Å². The van der Waals surface area contributed by atoms with Crippen molar-refractivity contribution in [1.29, 1.82) is 0 Å². The van der Waals surface area contributed by atoms with Crippen molar-refractivity contribution in [3.05, 3.63) is 80.4 Å². The normalized spacial score (nSPS) is 10.9. The minimum absolute atomic E-state index is 0.0278. The maximum Gasteiger partial charge on any atom is 0.294 e. The van der Waals surface area contributed by atoms with E-state index >= 15 is 0 Å². The summed E-state index contributed by atoms with van der Waals surface area (Å²) in [5, 5.41) is 0. The number of benzene rings is 1. The second-order valence-corrected chi connectivity index (χ2v) is 6.86. The van der Waals surface area contributed by atoms with Gasteiger partial charge in [0.05, 0.1) is 31.1 Å². The zero-order valence-corrected chi connectivity index (χ0v) is 15.2. The second-order valence-electron chi connectivity index (χ2n) is 5.47. The van der Waals surface area contributed by atoms with E-state index < -0.39 is 10.1 Å². The molecule has 1 aromatic rings. The molecule has 0 unspecified atom stereocenters. The van der Waals surface area contributed by atoms with Crippen molar-refractivity contribution in [3.63, 3.8) is 0 Å². The van der Waals surface area contributed by atoms with Gasteiger partial charge in [0.15, 0.2) is 0 Å². The Hall–Kier alpha value is -1.95. The van der Waals surface area contributed by atoms with E-state index in [9.17, 15) is 8.42 Å². The molecule has 0 aromatic heterocycles. The van der Waals surface area contributed by atoms with Crippen LogP contribution in [0.15, 0.2) is 79.8 Å². The van der Waals surface area contributed by atoms with Crippen LogP contribution in [0.25, 0.3) is 0 Å². The van der Waals surface area contributed by atoms with Crippen LogP contribution in [-0.2, 0) is 10.1 Å². The third-order valence-electron chi connectivity index (χ3n) is 3.44. The molecule has 0 aliphatic heterocycles. The summed E-state index contributed by atoms with van der Waals surface area (Å²) in [6.45, 7) is 20.5. The first-order valence-electron chi connectivity index (χ1n) is 7.58. The van der Waals surface area contributed by atoms with E-state index in [2.05, 4.69) is 26.3 Å². The number of hydrogen-bond donors (Lipinski definition) is 1. The molecule has 0 aliphatic rings. The van der Waals surface area contributed by atoms with Crippen LogP contribution in [0.2, 0.25) is 0 Å². The molecule has 1 rings (SSSR count). The highest BCUT2D eigenvalue weighted by molar-refractivity contribution is 7.85. The van der Waals surface area contributed by atoms with Gasteiger partial charge in [0.2, 0.25) is 0 Å². The molecule has 0 aliphatic carbocycles. The Kier molecular flexibility index (Phi) is 9.88. The molecule has 1 aromatic carbocycles. The molecule has 0 atom stereocenters. The zero-order valence-electron chi connectivity index (χ0n) is 14.4. The van der Waals surface area contributed by atoms with Gasteiger partial charge in [-0.3, -0.25) is 4.55 Å². The van der Waals surface area contributed by atoms with Crippen LogP contribution in [-0.4, -0.2) is 43.6 Å². The van der Waals surface area contributed by atoms with E-state index in [-0.39, 0.29) is 4.90 Å². The SMILES string of the molecule is C=CC[N+](CC=C)(CC=C)CC=C.Cc1ccccc1S(=O)(=O)O. The first-order chi connectivity index (χ1) is 11.3. The van der Waals surface area contributed by atoms with Gasteiger partial charge in [-0.15, -0.1) is 0 Å². The lowest BCUT2D eigenvalue weighted by Gasteiger charge is -2.35. The molecule has 5 heteroatoms. The van der Waals surface area contributed by atoms with Gasteiger partial charge in [0, 0.05) is 0 Å². The fourth-order valence-electron chi connectivity index (χ4n) is 2.39. The predicted molar refractivity (Wildman–Crippen MR) is 102 cm³/mol. The summed E-state index contributed by atoms with van der Waals surface area (Å²) in [6, 6.07) is 6.27. The first-order valence-corrected chi connectivity index (χ1v) is 9.02. The van der Waals surface area contributed by atoms with Gasteiger partial charge in [-0.05, 0) is 42.9 Å². The summed E-state index contributed by atoms with van der Waals surface area (Å²) in [5.74, 6) is 0. The fourth-order valence-corrected chi connectivity index (χ4v) is 3.11. The van der Waals surface area contributed by atoms with E-state index in [1.165, 1.54) is 6.07 Å². The predicted octanol–water partition coefficient (Wildman–Crippen LogP) is 3.79. The van der Waals surface area contributed by atoms with E-state index in [0.717, 1.165) is 30.7 Å². The van der Waals surface area contributed by atoms with Crippen molar-refractivity contribution in [3.8, 4) is 0 Å². The number of rotatable bonds is 9. The molecule has 0 radical (unpaired) electrons. The highest BCUT2D eigenvalue weighted by atomic mass is 32.2. The van der Waals surface area contributed by atoms with E-state index in [0.29, 0.717) is 5.56 Å². The average molecular weight is 351 g/mol. The van der Waals surface area contributed by atoms with Crippen molar-refractivity contribution >= 4 is 10.1 Å². The van der Waals surface area contributed by atoms with Crippen LogP contribution >= 0.6 is 0 Å². The topological polar surface area (TPSA) is 54.4 Å². The first kappa shape index (κ1) is 22.1. The second kappa shape index (κ2) is 10.8. The van der Waals surface area contributed by atoms with Gasteiger partial charge in [-0.1, -0.05) is 44.5 Å². The van der Waals surface area contributed by atoms with Crippen molar-refractivity contribution in [2.45, 2.75) is 11.8 Å². The van der Waals surface area contributed by atoms with Gasteiger partial charge in [0.1, 0.15) is 0 Å². The van der Waals surface area contributed by atoms with Crippen LogP contribution in [0.5, 0.6) is 0 Å². The molecule has 0 saturated heterocycles. The Balaban J connectivity index is 0.000000446. The van der Waals surface area contributed by atoms with E-state index in [4.69, 9.17) is 4.55 Å². The maximum absolute atomic E-state index is 10.6. The molecule has 4 nitrogen and oxygen atoms in total. The third-order valence-corrected chi connectivity index (χ3v) is 4.45. The smallest absolute Gasteiger partial charge is 0.294 e. The lowest BCUT2D eigenvalue weighted by Crippen LogP contribution is -2.48. The van der Waals surface area contributed by atoms with Crippen LogP contribution in [0, 0.1) is 6.92 Å². The summed E-state index contributed by atoms with van der Waals surface area (Å²) in [5.41, 5.74) is 0.551. The number of nitrogens with zero attached hydrogens (tertiary/aromatic N) is 1. The fraction of sp³-hybridized carbons (Fsp3) is 0.263. The zero-order chi connectivity index (χ0) is 18.6. The van der Waals surface area contributed by atoms with Crippen molar-refractivity contribution in [2.24, 2.45) is 0 Å². The molecule has 0 fully saturated rings. The van der Waals surface area contributed by atoms with Crippen LogP contribution < -0.4 is 0 Å².